The number of nitrogens with one attached hydrogen (secondary N) is 2. The van der Waals surface area contributed by atoms with Crippen LogP contribution < -0.4 is 5.32 Å². The molecule has 1 saturated carbocycles. The van der Waals surface area contributed by atoms with Gasteiger partial charge < -0.3 is 15.4 Å². The summed E-state index contributed by atoms with van der Waals surface area (Å²) in [4.78, 5) is 23.1. The Morgan fingerprint density at radius 2 is 1.84 bits per heavy atom. The Morgan fingerprint density at radius 3 is 2.50 bits per heavy atom. The molecule has 1 fully saturated rings. The van der Waals surface area contributed by atoms with Crippen LogP contribution in [0.15, 0.2) is 36.7 Å². The average molecular weight is 436 g/mol. The monoisotopic (exact) mass is 435 g/mol. The number of hydrogen-bond acceptors (Lipinski definition) is 4. The normalized spacial score (nSPS) is 17.1. The van der Waals surface area contributed by atoms with Crippen molar-refractivity contribution in [1.82, 2.24) is 20.3 Å². The van der Waals surface area contributed by atoms with Crippen molar-refractivity contribution in [2.24, 2.45) is 5.92 Å². The summed E-state index contributed by atoms with van der Waals surface area (Å²) < 4.78 is 15.5. The summed E-state index contributed by atoms with van der Waals surface area (Å²) in [6.45, 7) is 0. The van der Waals surface area contributed by atoms with Gasteiger partial charge in [0.1, 0.15) is 11.3 Å². The van der Waals surface area contributed by atoms with Crippen LogP contribution in [-0.4, -0.2) is 26.2 Å². The molecule has 2 aromatic heterocycles. The lowest BCUT2D eigenvalue weighted by Crippen LogP contribution is -2.33. The number of benzene rings is 1. The molecule has 4 rings (SSSR count). The van der Waals surface area contributed by atoms with Gasteiger partial charge in [-0.2, -0.15) is 5.26 Å². The largest absolute Gasteiger partial charge is 0.465 e. The molecule has 1 aliphatic carbocycles. The van der Waals surface area contributed by atoms with E-state index in [0.29, 0.717) is 16.9 Å². The predicted octanol–water partition coefficient (Wildman–Crippen LogP) is 5.42. The highest BCUT2D eigenvalue weighted by atomic mass is 19.1. The minimum Gasteiger partial charge on any atom is -0.465 e. The minimum atomic E-state index is -1.12. The second-order valence-corrected chi connectivity index (χ2v) is 8.36. The maximum absolute atomic E-state index is 15.5. The molecule has 2 heterocycles. The molecule has 2 atom stereocenters. The van der Waals surface area contributed by atoms with E-state index < -0.39 is 23.9 Å². The quantitative estimate of drug-likeness (QED) is 0.495. The molecule has 1 aromatic carbocycles. The van der Waals surface area contributed by atoms with Crippen LogP contribution in [0.5, 0.6) is 0 Å². The van der Waals surface area contributed by atoms with Gasteiger partial charge in [-0.05, 0) is 42.5 Å². The first-order valence-corrected chi connectivity index (χ1v) is 11.1. The molecule has 3 N–H and O–H groups in total. The van der Waals surface area contributed by atoms with E-state index in [-0.39, 0.29) is 17.0 Å². The molecule has 7 nitrogen and oxygen atoms in total. The van der Waals surface area contributed by atoms with Crippen LogP contribution in [0, 0.1) is 23.1 Å². The first-order chi connectivity index (χ1) is 15.6. The lowest BCUT2D eigenvalue weighted by molar-refractivity contribution is 0.179. The topological polar surface area (TPSA) is 115 Å². The molecule has 1 amide bonds. The van der Waals surface area contributed by atoms with Gasteiger partial charge in [0, 0.05) is 18.0 Å². The number of H-pyrrole nitrogens is 1. The Morgan fingerprint density at radius 1 is 1.16 bits per heavy atom. The van der Waals surface area contributed by atoms with Crippen LogP contribution in [0.3, 0.4) is 0 Å². The van der Waals surface area contributed by atoms with E-state index >= 15 is 4.39 Å². The Balaban J connectivity index is 1.72. The van der Waals surface area contributed by atoms with E-state index in [1.807, 2.05) is 0 Å². The molecule has 0 spiro atoms. The van der Waals surface area contributed by atoms with Gasteiger partial charge in [-0.3, -0.25) is 4.98 Å². The summed E-state index contributed by atoms with van der Waals surface area (Å²) in [6, 6.07) is 8.30. The smallest absolute Gasteiger partial charge is 0.405 e. The van der Waals surface area contributed by atoms with Crippen molar-refractivity contribution in [1.29, 1.82) is 5.26 Å². The standard InChI is InChI=1S/C24H26FN5O2/c25-20-17(18(14-26)15-10-12-27-13-11-15)8-9-19-22(20)29-23(28-19)21(30-24(31)32)16-6-4-2-1-3-5-7-16/h8-13,16,18,21,30H,1-7H2,(H,28,29)(H,31,32). The van der Waals surface area contributed by atoms with Gasteiger partial charge in [0.05, 0.1) is 23.5 Å². The molecule has 32 heavy (non-hydrogen) atoms. The number of amides is 1. The fraction of sp³-hybridized carbons (Fsp3) is 0.417. The van der Waals surface area contributed by atoms with Gasteiger partial charge in [0.25, 0.3) is 0 Å². The number of hydrogen-bond donors (Lipinski definition) is 3. The van der Waals surface area contributed by atoms with Crippen LogP contribution in [0.4, 0.5) is 9.18 Å². The molecule has 0 aliphatic heterocycles. The number of halogens is 1. The second-order valence-electron chi connectivity index (χ2n) is 8.36. The van der Waals surface area contributed by atoms with Crippen molar-refractivity contribution in [3.8, 4) is 6.07 Å². The van der Waals surface area contributed by atoms with Crippen LogP contribution in [0.25, 0.3) is 11.0 Å². The fourth-order valence-electron chi connectivity index (χ4n) is 4.69. The number of aromatic nitrogens is 3. The number of aromatic amines is 1. The van der Waals surface area contributed by atoms with E-state index in [2.05, 4.69) is 26.3 Å². The second kappa shape index (κ2) is 9.77. The third kappa shape index (κ3) is 4.57. The van der Waals surface area contributed by atoms with Crippen LogP contribution in [-0.2, 0) is 0 Å². The van der Waals surface area contributed by atoms with E-state index in [9.17, 15) is 15.2 Å². The molecule has 0 saturated heterocycles. The summed E-state index contributed by atoms with van der Waals surface area (Å²) in [7, 11) is 0. The van der Waals surface area contributed by atoms with Gasteiger partial charge in [-0.15, -0.1) is 0 Å². The zero-order valence-electron chi connectivity index (χ0n) is 17.7. The van der Waals surface area contributed by atoms with E-state index in [4.69, 9.17) is 0 Å². The highest BCUT2D eigenvalue weighted by molar-refractivity contribution is 5.77. The molecule has 1 aliphatic rings. The first-order valence-electron chi connectivity index (χ1n) is 11.1. The average Bonchev–Trinajstić information content (AvgIpc) is 3.20. The lowest BCUT2D eigenvalue weighted by Gasteiger charge is -2.27. The van der Waals surface area contributed by atoms with Crippen molar-refractivity contribution >= 4 is 17.1 Å². The van der Waals surface area contributed by atoms with Gasteiger partial charge in [0.2, 0.25) is 0 Å². The molecule has 3 aromatic rings. The number of rotatable bonds is 5. The number of pyridine rings is 1. The summed E-state index contributed by atoms with van der Waals surface area (Å²) in [5.41, 5.74) is 1.49. The molecular weight excluding hydrogens is 409 g/mol. The maximum Gasteiger partial charge on any atom is 0.405 e. The molecule has 0 bridgehead atoms. The molecule has 166 valence electrons. The number of carbonyl (C=O) groups is 1. The van der Waals surface area contributed by atoms with Crippen LogP contribution in [0.2, 0.25) is 0 Å². The maximum atomic E-state index is 15.5. The van der Waals surface area contributed by atoms with Crippen molar-refractivity contribution < 1.29 is 14.3 Å². The zero-order valence-corrected chi connectivity index (χ0v) is 17.7. The van der Waals surface area contributed by atoms with E-state index in [0.717, 1.165) is 38.5 Å². The van der Waals surface area contributed by atoms with Gasteiger partial charge >= 0.3 is 6.09 Å². The summed E-state index contributed by atoms with van der Waals surface area (Å²) in [6.07, 6.45) is 9.37. The minimum absolute atomic E-state index is 0.0955. The van der Waals surface area contributed by atoms with Crippen LogP contribution >= 0.6 is 0 Å². The third-order valence-electron chi connectivity index (χ3n) is 6.32. The Hall–Kier alpha value is -3.47. The summed E-state index contributed by atoms with van der Waals surface area (Å²) in [5, 5.41) is 21.7. The molecule has 8 heteroatoms. The van der Waals surface area contributed by atoms with Crippen molar-refractivity contribution in [2.75, 3.05) is 0 Å². The van der Waals surface area contributed by atoms with Crippen molar-refractivity contribution in [2.45, 2.75) is 56.9 Å². The summed E-state index contributed by atoms with van der Waals surface area (Å²) >= 11 is 0. The van der Waals surface area contributed by atoms with E-state index in [1.165, 1.54) is 6.42 Å². The van der Waals surface area contributed by atoms with Crippen molar-refractivity contribution in [3.63, 3.8) is 0 Å². The fourth-order valence-corrected chi connectivity index (χ4v) is 4.69. The number of imidazole rings is 1. The summed E-state index contributed by atoms with van der Waals surface area (Å²) in [5.74, 6) is -0.846. The van der Waals surface area contributed by atoms with Crippen molar-refractivity contribution in [3.05, 3.63) is 59.4 Å². The number of nitrogens with zero attached hydrogens (tertiary/aromatic N) is 3. The third-order valence-corrected chi connectivity index (χ3v) is 6.32. The molecule has 2 unspecified atom stereocenters. The van der Waals surface area contributed by atoms with Gasteiger partial charge in [0.15, 0.2) is 5.82 Å². The highest BCUT2D eigenvalue weighted by Gasteiger charge is 2.29. The highest BCUT2D eigenvalue weighted by Crippen LogP contribution is 2.35. The molecule has 0 radical (unpaired) electrons. The predicted molar refractivity (Wildman–Crippen MR) is 117 cm³/mol. The Labute approximate surface area is 185 Å². The zero-order chi connectivity index (χ0) is 22.5. The Bertz CT molecular complexity index is 1120. The number of fused-ring (bicyclic) bond motifs is 1. The molecular formula is C24H26FN5O2. The van der Waals surface area contributed by atoms with Gasteiger partial charge in [-0.25, -0.2) is 14.2 Å². The van der Waals surface area contributed by atoms with Gasteiger partial charge in [-0.1, -0.05) is 38.2 Å². The van der Waals surface area contributed by atoms with Crippen LogP contribution in [0.1, 0.15) is 73.9 Å². The Kier molecular flexibility index (Phi) is 6.64. The SMILES string of the molecule is N#CC(c1ccncc1)c1ccc2[nH]c(C(NC(=O)O)C3CCCCCCC3)nc2c1F. The lowest BCUT2D eigenvalue weighted by atomic mass is 9.85. The first kappa shape index (κ1) is 21.8. The number of nitriles is 1. The van der Waals surface area contributed by atoms with E-state index in [1.54, 1.807) is 36.7 Å². The number of carboxylic acid groups (broad SMARTS) is 1.